The average Bonchev–Trinajstić information content (AvgIpc) is 2.36. The van der Waals surface area contributed by atoms with Gasteiger partial charge in [-0.3, -0.25) is 0 Å². The van der Waals surface area contributed by atoms with Gasteiger partial charge < -0.3 is 0 Å². The summed E-state index contributed by atoms with van der Waals surface area (Å²) in [6.45, 7) is 5.60. The van der Waals surface area contributed by atoms with E-state index in [-0.39, 0.29) is 0 Å². The quantitative estimate of drug-likeness (QED) is 0.605. The molecule has 0 bridgehead atoms. The number of hydrogen-bond donors (Lipinski definition) is 0. The Morgan fingerprint density at radius 2 is 2.50 bits per heavy atom. The van der Waals surface area contributed by atoms with Crippen LogP contribution in [0.2, 0.25) is 0 Å². The normalized spacial score (nSPS) is 10.5. The summed E-state index contributed by atoms with van der Waals surface area (Å²) in [4.78, 5) is 0. The molecule has 0 unspecified atom stereocenters. The zero-order valence-electron chi connectivity index (χ0n) is 5.99. The lowest BCUT2D eigenvalue weighted by Crippen LogP contribution is -1.89. The topological polar surface area (TPSA) is 17.8 Å². The van der Waals surface area contributed by atoms with Crippen LogP contribution in [-0.2, 0) is 0 Å². The first-order valence-corrected chi connectivity index (χ1v) is 3.17. The van der Waals surface area contributed by atoms with E-state index in [9.17, 15) is 0 Å². The minimum atomic E-state index is 1.01. The second-order valence-corrected chi connectivity index (χ2v) is 1.89. The molecule has 10 heavy (non-hydrogen) atoms. The third-order valence-corrected chi connectivity index (χ3v) is 1.20. The fraction of sp³-hybridized carbons (Fsp3) is 0.125. The standard InChI is InChI=1S/C8H10N2/c1-3-7-10-8(4-2)5-6-9-10/h3-7H,2H2,1H3/b7-3-. The Kier molecular flexibility index (Phi) is 2.05. The molecule has 0 aliphatic rings. The Bertz CT molecular complexity index is 246. The second kappa shape index (κ2) is 3.01. The van der Waals surface area contributed by atoms with E-state index in [1.54, 1.807) is 17.0 Å². The van der Waals surface area contributed by atoms with Crippen molar-refractivity contribution >= 4 is 12.3 Å². The zero-order chi connectivity index (χ0) is 7.40. The molecule has 1 aromatic heterocycles. The van der Waals surface area contributed by atoms with Gasteiger partial charge in [-0.1, -0.05) is 12.7 Å². The Balaban J connectivity index is 3.00. The maximum absolute atomic E-state index is 4.04. The fourth-order valence-corrected chi connectivity index (χ4v) is 0.752. The minimum Gasteiger partial charge on any atom is -0.241 e. The van der Waals surface area contributed by atoms with Gasteiger partial charge in [0, 0.05) is 12.4 Å². The highest BCUT2D eigenvalue weighted by atomic mass is 15.3. The number of hydrogen-bond acceptors (Lipinski definition) is 1. The van der Waals surface area contributed by atoms with Gasteiger partial charge in [-0.15, -0.1) is 0 Å². The molecule has 2 nitrogen and oxygen atoms in total. The third-order valence-electron chi connectivity index (χ3n) is 1.20. The van der Waals surface area contributed by atoms with Crippen molar-refractivity contribution in [3.05, 3.63) is 30.6 Å². The molecule has 1 aromatic rings. The predicted molar refractivity (Wildman–Crippen MR) is 43.3 cm³/mol. The van der Waals surface area contributed by atoms with E-state index in [0.717, 1.165) is 5.69 Å². The van der Waals surface area contributed by atoms with Gasteiger partial charge >= 0.3 is 0 Å². The lowest BCUT2D eigenvalue weighted by Gasteiger charge is -1.92. The Labute approximate surface area is 60.5 Å². The fourth-order valence-electron chi connectivity index (χ4n) is 0.752. The van der Waals surface area contributed by atoms with Crippen LogP contribution in [0.15, 0.2) is 24.9 Å². The highest BCUT2D eigenvalue weighted by Crippen LogP contribution is 1.99. The summed E-state index contributed by atoms with van der Waals surface area (Å²) in [5.41, 5.74) is 1.01. The van der Waals surface area contributed by atoms with Gasteiger partial charge in [-0.2, -0.15) is 5.10 Å². The lowest BCUT2D eigenvalue weighted by molar-refractivity contribution is 0.923. The molecule has 0 atom stereocenters. The van der Waals surface area contributed by atoms with Gasteiger partial charge in [0.1, 0.15) is 0 Å². The van der Waals surface area contributed by atoms with Gasteiger partial charge in [0.2, 0.25) is 0 Å². The summed E-state index contributed by atoms with van der Waals surface area (Å²) in [6.07, 6.45) is 7.33. The van der Waals surface area contributed by atoms with Crippen LogP contribution in [0.1, 0.15) is 12.6 Å². The Hall–Kier alpha value is -1.31. The van der Waals surface area contributed by atoms with Crippen molar-refractivity contribution < 1.29 is 0 Å². The molecule has 0 saturated heterocycles. The summed E-state index contributed by atoms with van der Waals surface area (Å²) < 4.78 is 1.77. The van der Waals surface area contributed by atoms with Crippen molar-refractivity contribution in [1.82, 2.24) is 9.78 Å². The molecule has 0 fully saturated rings. The van der Waals surface area contributed by atoms with Crippen molar-refractivity contribution in [2.45, 2.75) is 6.92 Å². The van der Waals surface area contributed by atoms with Gasteiger partial charge in [0.05, 0.1) is 5.69 Å². The number of allylic oxidation sites excluding steroid dienone is 1. The molecule has 0 amide bonds. The van der Waals surface area contributed by atoms with E-state index in [4.69, 9.17) is 0 Å². The molecule has 0 radical (unpaired) electrons. The van der Waals surface area contributed by atoms with Crippen molar-refractivity contribution in [1.29, 1.82) is 0 Å². The monoisotopic (exact) mass is 134 g/mol. The molecule has 1 heterocycles. The third kappa shape index (κ3) is 1.16. The van der Waals surface area contributed by atoms with Crippen LogP contribution in [0.25, 0.3) is 12.3 Å². The van der Waals surface area contributed by atoms with Crippen LogP contribution in [0, 0.1) is 0 Å². The van der Waals surface area contributed by atoms with E-state index in [0.29, 0.717) is 0 Å². The molecular weight excluding hydrogens is 124 g/mol. The molecule has 0 saturated carbocycles. The van der Waals surface area contributed by atoms with Crippen LogP contribution in [0.3, 0.4) is 0 Å². The maximum Gasteiger partial charge on any atom is 0.0655 e. The van der Waals surface area contributed by atoms with Gasteiger partial charge in [-0.25, -0.2) is 4.68 Å². The molecule has 0 spiro atoms. The van der Waals surface area contributed by atoms with Gasteiger partial charge in [0.15, 0.2) is 0 Å². The van der Waals surface area contributed by atoms with Crippen LogP contribution in [-0.4, -0.2) is 9.78 Å². The Morgan fingerprint density at radius 3 is 3.10 bits per heavy atom. The second-order valence-electron chi connectivity index (χ2n) is 1.89. The number of aromatic nitrogens is 2. The van der Waals surface area contributed by atoms with Crippen LogP contribution < -0.4 is 0 Å². The molecule has 0 N–H and O–H groups in total. The zero-order valence-corrected chi connectivity index (χ0v) is 5.99. The van der Waals surface area contributed by atoms with E-state index in [1.165, 1.54) is 0 Å². The van der Waals surface area contributed by atoms with Crippen molar-refractivity contribution in [3.63, 3.8) is 0 Å². The number of nitrogens with zero attached hydrogens (tertiary/aromatic N) is 2. The van der Waals surface area contributed by atoms with Crippen LogP contribution in [0.4, 0.5) is 0 Å². The summed E-state index contributed by atoms with van der Waals surface area (Å²) in [5.74, 6) is 0. The highest BCUT2D eigenvalue weighted by Gasteiger charge is 1.90. The first-order chi connectivity index (χ1) is 4.88. The molecule has 0 aliphatic carbocycles. The lowest BCUT2D eigenvalue weighted by atomic mass is 10.4. The van der Waals surface area contributed by atoms with E-state index in [2.05, 4.69) is 11.7 Å². The molecule has 0 aromatic carbocycles. The molecule has 1 rings (SSSR count). The highest BCUT2D eigenvalue weighted by molar-refractivity contribution is 5.45. The van der Waals surface area contributed by atoms with Crippen molar-refractivity contribution in [3.8, 4) is 0 Å². The number of rotatable bonds is 2. The summed E-state index contributed by atoms with van der Waals surface area (Å²) in [5, 5.41) is 4.04. The predicted octanol–water partition coefficient (Wildman–Crippen LogP) is 2.02. The summed E-state index contributed by atoms with van der Waals surface area (Å²) in [6, 6.07) is 1.91. The molecular formula is C8H10N2. The first kappa shape index (κ1) is 6.81. The molecule has 52 valence electrons. The Morgan fingerprint density at radius 1 is 1.70 bits per heavy atom. The van der Waals surface area contributed by atoms with E-state index >= 15 is 0 Å². The summed E-state index contributed by atoms with van der Waals surface area (Å²) in [7, 11) is 0. The molecule has 2 heteroatoms. The van der Waals surface area contributed by atoms with E-state index < -0.39 is 0 Å². The first-order valence-electron chi connectivity index (χ1n) is 3.17. The van der Waals surface area contributed by atoms with Gasteiger partial charge in [0.25, 0.3) is 0 Å². The summed E-state index contributed by atoms with van der Waals surface area (Å²) >= 11 is 0. The van der Waals surface area contributed by atoms with Crippen LogP contribution in [0.5, 0.6) is 0 Å². The smallest absolute Gasteiger partial charge is 0.0655 e. The van der Waals surface area contributed by atoms with E-state index in [1.807, 2.05) is 25.3 Å². The SMILES string of the molecule is C=Cc1ccnn1/C=C\C. The minimum absolute atomic E-state index is 1.01. The van der Waals surface area contributed by atoms with Crippen LogP contribution >= 0.6 is 0 Å². The van der Waals surface area contributed by atoms with Crippen molar-refractivity contribution in [2.24, 2.45) is 0 Å². The average molecular weight is 134 g/mol. The maximum atomic E-state index is 4.04. The largest absolute Gasteiger partial charge is 0.241 e. The van der Waals surface area contributed by atoms with Gasteiger partial charge in [-0.05, 0) is 19.1 Å². The molecule has 0 aliphatic heterocycles. The van der Waals surface area contributed by atoms with Crippen molar-refractivity contribution in [2.75, 3.05) is 0 Å².